The first-order valence-electron chi connectivity index (χ1n) is 12.9. The number of nitrogens with one attached hydrogen (secondary N) is 1. The molecule has 1 aliphatic heterocycles. The lowest BCUT2D eigenvalue weighted by Crippen LogP contribution is -2.44. The van der Waals surface area contributed by atoms with Crippen molar-refractivity contribution in [3.05, 3.63) is 49.2 Å². The molecule has 5 rings (SSSR count). The van der Waals surface area contributed by atoms with Crippen LogP contribution in [0.4, 0.5) is 16.6 Å². The van der Waals surface area contributed by atoms with Crippen molar-refractivity contribution in [2.45, 2.75) is 52.6 Å². The molecule has 0 spiro atoms. The van der Waals surface area contributed by atoms with Crippen molar-refractivity contribution >= 4 is 29.5 Å². The number of anilines is 2. The van der Waals surface area contributed by atoms with Crippen molar-refractivity contribution in [3.63, 3.8) is 0 Å². The van der Waals surface area contributed by atoms with E-state index in [2.05, 4.69) is 25.4 Å². The summed E-state index contributed by atoms with van der Waals surface area (Å²) in [4.78, 5) is 39.9. The van der Waals surface area contributed by atoms with Crippen LogP contribution >= 0.6 is 0 Å². The number of aromatic nitrogens is 6. The quantitative estimate of drug-likeness (QED) is 0.370. The van der Waals surface area contributed by atoms with E-state index in [1.165, 1.54) is 0 Å². The first-order chi connectivity index (χ1) is 18.6. The number of carboxylic acids is 1. The molecule has 12 nitrogen and oxygen atoms in total. The summed E-state index contributed by atoms with van der Waals surface area (Å²) in [7, 11) is 0. The molecule has 0 unspecified atom stereocenters. The zero-order valence-electron chi connectivity index (χ0n) is 22.5. The van der Waals surface area contributed by atoms with Crippen molar-refractivity contribution < 1.29 is 19.4 Å². The average molecular weight is 533 g/mol. The van der Waals surface area contributed by atoms with Crippen molar-refractivity contribution in [1.29, 1.82) is 0 Å². The molecule has 1 fully saturated rings. The Bertz CT molecular complexity index is 1480. The maximum Gasteiger partial charge on any atom is 0.413 e. The van der Waals surface area contributed by atoms with Crippen molar-refractivity contribution in [3.8, 4) is 16.9 Å². The molecule has 2 N–H and O–H groups in total. The second-order valence-corrected chi connectivity index (χ2v) is 10.7. The van der Waals surface area contributed by atoms with Gasteiger partial charge in [0.25, 0.3) is 0 Å². The Labute approximate surface area is 225 Å². The Morgan fingerprint density at radius 2 is 1.85 bits per heavy atom. The maximum atomic E-state index is 12.3. The van der Waals surface area contributed by atoms with E-state index < -0.39 is 23.1 Å². The second kappa shape index (κ2) is 10.0. The molecule has 4 aromatic rings. The molecule has 204 valence electrons. The van der Waals surface area contributed by atoms with Crippen LogP contribution in [-0.4, -0.2) is 65.0 Å². The highest BCUT2D eigenvalue weighted by Gasteiger charge is 2.40. The minimum atomic E-state index is -0.729. The molecule has 39 heavy (non-hydrogen) atoms. The Kier molecular flexibility index (Phi) is 6.71. The SMILES string of the molecule is CCC1(C(=O)O)CCN(c2ncc(-c3cc(-n4cccn4)n4cc(NC(=O)OC(C)(C)C)nc4c3)cn2)CC1. The summed E-state index contributed by atoms with van der Waals surface area (Å²) in [6.07, 6.45) is 9.87. The highest BCUT2D eigenvalue weighted by atomic mass is 16.6. The number of pyridine rings is 1. The van der Waals surface area contributed by atoms with Crippen LogP contribution in [0.3, 0.4) is 0 Å². The topological polar surface area (TPSA) is 140 Å². The number of amides is 1. The first-order valence-corrected chi connectivity index (χ1v) is 12.9. The van der Waals surface area contributed by atoms with E-state index >= 15 is 0 Å². The van der Waals surface area contributed by atoms with Crippen molar-refractivity contribution in [2.75, 3.05) is 23.3 Å². The van der Waals surface area contributed by atoms with Crippen LogP contribution in [0.15, 0.2) is 49.2 Å². The van der Waals surface area contributed by atoms with E-state index in [4.69, 9.17) is 4.74 Å². The van der Waals surface area contributed by atoms with E-state index in [1.54, 1.807) is 50.2 Å². The number of fused-ring (bicyclic) bond motifs is 1. The van der Waals surface area contributed by atoms with Gasteiger partial charge in [-0.15, -0.1) is 0 Å². The number of carboxylic acid groups (broad SMARTS) is 1. The van der Waals surface area contributed by atoms with Gasteiger partial charge < -0.3 is 14.7 Å². The zero-order valence-corrected chi connectivity index (χ0v) is 22.5. The van der Waals surface area contributed by atoms with Gasteiger partial charge in [0, 0.05) is 43.4 Å². The van der Waals surface area contributed by atoms with Gasteiger partial charge >= 0.3 is 12.1 Å². The van der Waals surface area contributed by atoms with E-state index in [0.717, 1.165) is 11.1 Å². The summed E-state index contributed by atoms with van der Waals surface area (Å²) < 4.78 is 8.89. The van der Waals surface area contributed by atoms with Gasteiger partial charge in [0.05, 0.1) is 11.6 Å². The largest absolute Gasteiger partial charge is 0.481 e. The predicted molar refractivity (Wildman–Crippen MR) is 145 cm³/mol. The van der Waals surface area contributed by atoms with Gasteiger partial charge in [-0.1, -0.05) is 6.92 Å². The highest BCUT2D eigenvalue weighted by molar-refractivity contribution is 5.84. The number of imidazole rings is 1. The molecule has 4 aromatic heterocycles. The van der Waals surface area contributed by atoms with Gasteiger partial charge in [0.1, 0.15) is 17.1 Å². The average Bonchev–Trinajstić information content (AvgIpc) is 3.57. The summed E-state index contributed by atoms with van der Waals surface area (Å²) in [6.45, 7) is 8.51. The van der Waals surface area contributed by atoms with Crippen LogP contribution in [0.5, 0.6) is 0 Å². The number of hydrogen-bond donors (Lipinski definition) is 2. The molecule has 0 aliphatic carbocycles. The first kappa shape index (κ1) is 26.1. The number of hydrogen-bond acceptors (Lipinski definition) is 8. The number of nitrogens with zero attached hydrogens (tertiary/aromatic N) is 7. The minimum absolute atomic E-state index is 0.344. The molecule has 0 radical (unpaired) electrons. The Balaban J connectivity index is 1.42. The van der Waals surface area contributed by atoms with E-state index in [0.29, 0.717) is 55.6 Å². The molecule has 1 amide bonds. The Morgan fingerprint density at radius 1 is 1.13 bits per heavy atom. The number of piperidine rings is 1. The minimum Gasteiger partial charge on any atom is -0.481 e. The van der Waals surface area contributed by atoms with Crippen LogP contribution in [0.2, 0.25) is 0 Å². The van der Waals surface area contributed by atoms with Gasteiger partial charge in [0.2, 0.25) is 5.95 Å². The molecule has 0 atom stereocenters. The fourth-order valence-electron chi connectivity index (χ4n) is 4.77. The van der Waals surface area contributed by atoms with Crippen LogP contribution in [0.1, 0.15) is 47.0 Å². The summed E-state index contributed by atoms with van der Waals surface area (Å²) >= 11 is 0. The normalized spacial score (nSPS) is 15.3. The van der Waals surface area contributed by atoms with Crippen LogP contribution in [0, 0.1) is 5.41 Å². The lowest BCUT2D eigenvalue weighted by Gasteiger charge is -2.38. The fourth-order valence-corrected chi connectivity index (χ4v) is 4.77. The zero-order chi connectivity index (χ0) is 27.8. The third-order valence-corrected chi connectivity index (χ3v) is 7.02. The standard InChI is InChI=1S/C27H32N8O4/c1-5-27(23(36)37)7-11-33(12-8-27)24-28-15-19(16-29-24)18-13-21-31-20(32-25(38)39-26(2,3)4)17-34(21)22(14-18)35-10-6-9-30-35/h6,9-10,13-17H,5,7-8,11-12H2,1-4H3,(H,32,38)(H,36,37). The summed E-state index contributed by atoms with van der Waals surface area (Å²) in [5.41, 5.74) is 0.893. The summed E-state index contributed by atoms with van der Waals surface area (Å²) in [5.74, 6) is 0.901. The lowest BCUT2D eigenvalue weighted by molar-refractivity contribution is -0.150. The van der Waals surface area contributed by atoms with Crippen LogP contribution in [0.25, 0.3) is 22.6 Å². The highest BCUT2D eigenvalue weighted by Crippen LogP contribution is 2.36. The van der Waals surface area contributed by atoms with Crippen LogP contribution < -0.4 is 10.2 Å². The molecular weight excluding hydrogens is 500 g/mol. The molecule has 1 aliphatic rings. The van der Waals surface area contributed by atoms with Gasteiger partial charge in [0.15, 0.2) is 5.82 Å². The molecule has 1 saturated heterocycles. The lowest BCUT2D eigenvalue weighted by atomic mass is 9.76. The summed E-state index contributed by atoms with van der Waals surface area (Å²) in [6, 6.07) is 5.65. The Hall–Kier alpha value is -4.48. The smallest absolute Gasteiger partial charge is 0.413 e. The predicted octanol–water partition coefficient (Wildman–Crippen LogP) is 4.41. The third kappa shape index (κ3) is 5.40. The van der Waals surface area contributed by atoms with E-state index in [-0.39, 0.29) is 0 Å². The van der Waals surface area contributed by atoms with Gasteiger partial charge in [-0.05, 0) is 63.8 Å². The fraction of sp³-hybridized carbons (Fsp3) is 0.407. The van der Waals surface area contributed by atoms with Gasteiger partial charge in [-0.2, -0.15) is 5.10 Å². The summed E-state index contributed by atoms with van der Waals surface area (Å²) in [5, 5.41) is 16.7. The molecular formula is C27H32N8O4. The Morgan fingerprint density at radius 3 is 2.44 bits per heavy atom. The number of carbonyl (C=O) groups is 2. The second-order valence-electron chi connectivity index (χ2n) is 10.7. The number of aliphatic carboxylic acids is 1. The van der Waals surface area contributed by atoms with Gasteiger partial charge in [-0.25, -0.2) is 24.4 Å². The number of rotatable bonds is 6. The van der Waals surface area contributed by atoms with Gasteiger partial charge in [-0.3, -0.25) is 14.5 Å². The maximum absolute atomic E-state index is 12.3. The van der Waals surface area contributed by atoms with Crippen LogP contribution in [-0.2, 0) is 9.53 Å². The molecule has 5 heterocycles. The number of carbonyl (C=O) groups excluding carboxylic acids is 1. The third-order valence-electron chi connectivity index (χ3n) is 7.02. The molecule has 0 saturated carbocycles. The molecule has 0 bridgehead atoms. The van der Waals surface area contributed by atoms with Crippen molar-refractivity contribution in [1.82, 2.24) is 29.1 Å². The molecule has 0 aromatic carbocycles. The monoisotopic (exact) mass is 532 g/mol. The van der Waals surface area contributed by atoms with E-state index in [9.17, 15) is 14.7 Å². The number of ether oxygens (including phenoxy) is 1. The van der Waals surface area contributed by atoms with Crippen molar-refractivity contribution in [2.24, 2.45) is 5.41 Å². The molecule has 12 heteroatoms. The van der Waals surface area contributed by atoms with E-state index in [1.807, 2.05) is 40.6 Å².